The number of nitrogens with one attached hydrogen (secondary N) is 1. The van der Waals surface area contributed by atoms with Crippen LogP contribution in [-0.4, -0.2) is 23.0 Å². The van der Waals surface area contributed by atoms with Crippen LogP contribution < -0.4 is 5.32 Å². The molecule has 0 aliphatic rings. The van der Waals surface area contributed by atoms with E-state index in [0.717, 1.165) is 6.07 Å². The molecule has 0 aliphatic heterocycles. The second kappa shape index (κ2) is 5.82. The van der Waals surface area contributed by atoms with Gasteiger partial charge in [-0.15, -0.1) is 0 Å². The fourth-order valence-electron chi connectivity index (χ4n) is 1.27. The Balaban J connectivity index is 2.76. The Kier molecular flexibility index (Phi) is 4.67. The third-order valence-electron chi connectivity index (χ3n) is 2.68. The largest absolute Gasteiger partial charge is 0.481 e. The Morgan fingerprint density at radius 2 is 2.00 bits per heavy atom. The van der Waals surface area contributed by atoms with Gasteiger partial charge in [0.15, 0.2) is 0 Å². The van der Waals surface area contributed by atoms with Gasteiger partial charge in [-0.05, 0) is 32.0 Å². The van der Waals surface area contributed by atoms with Crippen molar-refractivity contribution < 1.29 is 19.1 Å². The van der Waals surface area contributed by atoms with E-state index >= 15 is 0 Å². The third kappa shape index (κ3) is 3.43. The van der Waals surface area contributed by atoms with Crippen LogP contribution in [0.15, 0.2) is 18.2 Å². The number of rotatable bonds is 4. The number of carbonyl (C=O) groups excluding carboxylic acids is 1. The van der Waals surface area contributed by atoms with Gasteiger partial charge < -0.3 is 10.4 Å². The van der Waals surface area contributed by atoms with Crippen molar-refractivity contribution in [3.63, 3.8) is 0 Å². The summed E-state index contributed by atoms with van der Waals surface area (Å²) in [4.78, 5) is 22.5. The standard InChI is InChI=1S/C12H13ClFNO3/c1-6(12(17)18)7(2)15-11(16)8-3-4-10(14)9(13)5-8/h3-7H,1-2H3,(H,15,16)(H,17,18). The van der Waals surface area contributed by atoms with Crippen LogP contribution in [-0.2, 0) is 4.79 Å². The Morgan fingerprint density at radius 1 is 1.39 bits per heavy atom. The molecule has 0 bridgehead atoms. The molecule has 2 atom stereocenters. The predicted octanol–water partition coefficient (Wildman–Crippen LogP) is 2.32. The van der Waals surface area contributed by atoms with E-state index in [1.807, 2.05) is 0 Å². The molecule has 1 amide bonds. The van der Waals surface area contributed by atoms with Crippen LogP contribution in [0.1, 0.15) is 24.2 Å². The number of hydrogen-bond acceptors (Lipinski definition) is 2. The normalized spacial score (nSPS) is 13.8. The minimum atomic E-state index is -1.00. The number of hydrogen-bond donors (Lipinski definition) is 2. The predicted molar refractivity (Wildman–Crippen MR) is 65.1 cm³/mol. The summed E-state index contributed by atoms with van der Waals surface area (Å²) < 4.78 is 12.9. The van der Waals surface area contributed by atoms with Gasteiger partial charge in [0.1, 0.15) is 5.82 Å². The molecule has 1 aromatic carbocycles. The minimum absolute atomic E-state index is 0.151. The highest BCUT2D eigenvalue weighted by Gasteiger charge is 2.21. The van der Waals surface area contributed by atoms with Gasteiger partial charge in [0.2, 0.25) is 0 Å². The molecule has 0 aromatic heterocycles. The summed E-state index contributed by atoms with van der Waals surface area (Å²) in [5.74, 6) is -2.82. The summed E-state index contributed by atoms with van der Waals surface area (Å²) in [5.41, 5.74) is 0.186. The van der Waals surface area contributed by atoms with E-state index in [0.29, 0.717) is 0 Å². The van der Waals surface area contributed by atoms with E-state index in [9.17, 15) is 14.0 Å². The van der Waals surface area contributed by atoms with Crippen LogP contribution in [0.3, 0.4) is 0 Å². The first-order valence-electron chi connectivity index (χ1n) is 5.31. The fourth-order valence-corrected chi connectivity index (χ4v) is 1.45. The molecular weight excluding hydrogens is 261 g/mol. The summed E-state index contributed by atoms with van der Waals surface area (Å²) in [6, 6.07) is 3.03. The van der Waals surface area contributed by atoms with Gasteiger partial charge in [0.05, 0.1) is 10.9 Å². The lowest BCUT2D eigenvalue weighted by atomic mass is 10.0. The Hall–Kier alpha value is -1.62. The van der Waals surface area contributed by atoms with Crippen molar-refractivity contribution >= 4 is 23.5 Å². The minimum Gasteiger partial charge on any atom is -0.481 e. The zero-order chi connectivity index (χ0) is 13.9. The molecule has 0 aliphatic carbocycles. The van der Waals surface area contributed by atoms with Gasteiger partial charge in [0.25, 0.3) is 5.91 Å². The molecule has 6 heteroatoms. The Bertz CT molecular complexity index is 478. The van der Waals surface area contributed by atoms with E-state index in [2.05, 4.69) is 5.32 Å². The van der Waals surface area contributed by atoms with Crippen LogP contribution >= 0.6 is 11.6 Å². The molecule has 2 N–H and O–H groups in total. The molecular formula is C12H13ClFNO3. The summed E-state index contributed by atoms with van der Waals surface area (Å²) >= 11 is 5.56. The fraction of sp³-hybridized carbons (Fsp3) is 0.333. The summed E-state index contributed by atoms with van der Waals surface area (Å²) in [5, 5.41) is 11.2. The number of carboxylic acid groups (broad SMARTS) is 1. The lowest BCUT2D eigenvalue weighted by molar-refractivity contribution is -0.141. The number of benzene rings is 1. The van der Waals surface area contributed by atoms with Crippen molar-refractivity contribution in [1.29, 1.82) is 0 Å². The molecule has 0 fully saturated rings. The number of amides is 1. The van der Waals surface area contributed by atoms with Crippen LogP contribution in [0, 0.1) is 11.7 Å². The molecule has 0 radical (unpaired) electrons. The second-order valence-electron chi connectivity index (χ2n) is 4.02. The van der Waals surface area contributed by atoms with Crippen molar-refractivity contribution in [2.45, 2.75) is 19.9 Å². The summed E-state index contributed by atoms with van der Waals surface area (Å²) in [6.45, 7) is 3.08. The van der Waals surface area contributed by atoms with Gasteiger partial charge in [-0.25, -0.2) is 4.39 Å². The lowest BCUT2D eigenvalue weighted by Crippen LogP contribution is -2.40. The highest BCUT2D eigenvalue weighted by atomic mass is 35.5. The molecule has 0 heterocycles. The van der Waals surface area contributed by atoms with E-state index in [4.69, 9.17) is 16.7 Å². The number of carboxylic acids is 1. The monoisotopic (exact) mass is 273 g/mol. The van der Waals surface area contributed by atoms with Crippen LogP contribution in [0.5, 0.6) is 0 Å². The van der Waals surface area contributed by atoms with Crippen molar-refractivity contribution in [2.75, 3.05) is 0 Å². The Labute approximate surface area is 109 Å². The maximum Gasteiger partial charge on any atom is 0.308 e. The van der Waals surface area contributed by atoms with E-state index < -0.39 is 29.7 Å². The number of carbonyl (C=O) groups is 2. The average Bonchev–Trinajstić information content (AvgIpc) is 2.31. The van der Waals surface area contributed by atoms with E-state index in [-0.39, 0.29) is 10.6 Å². The molecule has 1 rings (SSSR count). The summed E-state index contributed by atoms with van der Waals surface area (Å²) in [7, 11) is 0. The molecule has 18 heavy (non-hydrogen) atoms. The van der Waals surface area contributed by atoms with E-state index in [1.54, 1.807) is 6.92 Å². The van der Waals surface area contributed by atoms with Gasteiger partial charge >= 0.3 is 5.97 Å². The van der Waals surface area contributed by atoms with Crippen LogP contribution in [0.2, 0.25) is 5.02 Å². The highest BCUT2D eigenvalue weighted by molar-refractivity contribution is 6.31. The highest BCUT2D eigenvalue weighted by Crippen LogP contribution is 2.16. The maximum atomic E-state index is 12.9. The Morgan fingerprint density at radius 3 is 2.50 bits per heavy atom. The zero-order valence-corrected chi connectivity index (χ0v) is 10.7. The first-order valence-corrected chi connectivity index (χ1v) is 5.69. The quantitative estimate of drug-likeness (QED) is 0.885. The number of halogens is 2. The molecule has 98 valence electrons. The van der Waals surface area contributed by atoms with Crippen molar-refractivity contribution in [3.8, 4) is 0 Å². The maximum absolute atomic E-state index is 12.9. The topological polar surface area (TPSA) is 66.4 Å². The third-order valence-corrected chi connectivity index (χ3v) is 2.97. The van der Waals surface area contributed by atoms with Gasteiger partial charge in [-0.3, -0.25) is 9.59 Å². The molecule has 0 saturated carbocycles. The first-order chi connectivity index (χ1) is 8.32. The van der Waals surface area contributed by atoms with Crippen molar-refractivity contribution in [3.05, 3.63) is 34.6 Å². The lowest BCUT2D eigenvalue weighted by Gasteiger charge is -2.17. The second-order valence-corrected chi connectivity index (χ2v) is 4.43. The molecule has 0 saturated heterocycles. The first kappa shape index (κ1) is 14.4. The SMILES string of the molecule is CC(NC(=O)c1ccc(F)c(Cl)c1)C(C)C(=O)O. The van der Waals surface area contributed by atoms with Gasteiger partial charge in [-0.1, -0.05) is 11.6 Å². The molecule has 4 nitrogen and oxygen atoms in total. The molecule has 2 unspecified atom stereocenters. The van der Waals surface area contributed by atoms with E-state index in [1.165, 1.54) is 19.1 Å². The van der Waals surface area contributed by atoms with Crippen molar-refractivity contribution in [2.24, 2.45) is 5.92 Å². The molecule has 1 aromatic rings. The zero-order valence-electron chi connectivity index (χ0n) is 9.91. The van der Waals surface area contributed by atoms with Gasteiger partial charge in [-0.2, -0.15) is 0 Å². The van der Waals surface area contributed by atoms with Crippen LogP contribution in [0.4, 0.5) is 4.39 Å². The van der Waals surface area contributed by atoms with Crippen molar-refractivity contribution in [1.82, 2.24) is 5.32 Å². The molecule has 0 spiro atoms. The van der Waals surface area contributed by atoms with Gasteiger partial charge in [0, 0.05) is 11.6 Å². The average molecular weight is 274 g/mol. The number of aliphatic carboxylic acids is 1. The van der Waals surface area contributed by atoms with Crippen LogP contribution in [0.25, 0.3) is 0 Å². The summed E-state index contributed by atoms with van der Waals surface area (Å²) in [6.07, 6.45) is 0. The smallest absolute Gasteiger partial charge is 0.308 e.